The lowest BCUT2D eigenvalue weighted by atomic mass is 10.2. The summed E-state index contributed by atoms with van der Waals surface area (Å²) in [6.45, 7) is 7.25. The minimum Gasteiger partial charge on any atom is -0.380 e. The first-order valence-corrected chi connectivity index (χ1v) is 5.30. The highest BCUT2D eigenvalue weighted by Crippen LogP contribution is 2.01. The third-order valence-corrected chi connectivity index (χ3v) is 2.37. The maximum atomic E-state index is 8.89. The number of hydrogen-bond donors (Lipinski definition) is 1. The van der Waals surface area contributed by atoms with E-state index in [0.29, 0.717) is 0 Å². The number of nitriles is 1. The van der Waals surface area contributed by atoms with E-state index in [1.54, 1.807) is 0 Å². The van der Waals surface area contributed by atoms with Crippen molar-refractivity contribution >= 4 is 0 Å². The van der Waals surface area contributed by atoms with Crippen LogP contribution in [0.2, 0.25) is 0 Å². The van der Waals surface area contributed by atoms with E-state index in [4.69, 9.17) is 10.00 Å². The van der Waals surface area contributed by atoms with Crippen LogP contribution in [0.15, 0.2) is 0 Å². The first kappa shape index (κ1) is 11.4. The van der Waals surface area contributed by atoms with Crippen molar-refractivity contribution in [2.75, 3.05) is 39.4 Å². The van der Waals surface area contributed by atoms with Crippen LogP contribution < -0.4 is 5.32 Å². The topological polar surface area (TPSA) is 48.3 Å². The number of ether oxygens (including phenoxy) is 1. The molecule has 0 spiro atoms. The molecule has 1 aliphatic rings. The van der Waals surface area contributed by atoms with E-state index in [1.807, 2.05) is 0 Å². The van der Waals surface area contributed by atoms with Gasteiger partial charge in [-0.15, -0.1) is 0 Å². The second-order valence-corrected chi connectivity index (χ2v) is 3.50. The average Bonchev–Trinajstić information content (AvgIpc) is 2.25. The highest BCUT2D eigenvalue weighted by molar-refractivity contribution is 4.95. The van der Waals surface area contributed by atoms with E-state index in [-0.39, 0.29) is 6.04 Å². The Kier molecular flexibility index (Phi) is 5.53. The third-order valence-electron chi connectivity index (χ3n) is 2.37. The average molecular weight is 197 g/mol. The molecule has 14 heavy (non-hydrogen) atoms. The molecule has 1 fully saturated rings. The normalized spacial score (nSPS) is 23.3. The smallest absolute Gasteiger partial charge is 0.110 e. The molecule has 4 nitrogen and oxygen atoms in total. The summed E-state index contributed by atoms with van der Waals surface area (Å²) in [6.07, 6.45) is 1.06. The lowest BCUT2D eigenvalue weighted by Gasteiger charge is -2.31. The van der Waals surface area contributed by atoms with Crippen molar-refractivity contribution in [2.45, 2.75) is 19.4 Å². The van der Waals surface area contributed by atoms with Crippen LogP contribution in [0.4, 0.5) is 0 Å². The summed E-state index contributed by atoms with van der Waals surface area (Å²) in [5.74, 6) is 0. The van der Waals surface area contributed by atoms with Crippen molar-refractivity contribution < 1.29 is 4.74 Å². The molecule has 1 N–H and O–H groups in total. The van der Waals surface area contributed by atoms with Crippen LogP contribution in [-0.4, -0.2) is 50.3 Å². The lowest BCUT2D eigenvalue weighted by molar-refractivity contribution is 0.0887. The van der Waals surface area contributed by atoms with Crippen LogP contribution in [0.5, 0.6) is 0 Å². The molecule has 0 aromatic carbocycles. The van der Waals surface area contributed by atoms with Gasteiger partial charge in [0.25, 0.3) is 0 Å². The van der Waals surface area contributed by atoms with E-state index in [1.165, 1.54) is 0 Å². The molecule has 1 heterocycles. The van der Waals surface area contributed by atoms with Gasteiger partial charge in [-0.25, -0.2) is 0 Å². The molecule has 1 rings (SSSR count). The fraction of sp³-hybridized carbons (Fsp3) is 0.900. The van der Waals surface area contributed by atoms with E-state index in [9.17, 15) is 0 Å². The van der Waals surface area contributed by atoms with Crippen LogP contribution >= 0.6 is 0 Å². The maximum absolute atomic E-state index is 8.89. The maximum Gasteiger partial charge on any atom is 0.110 e. The van der Waals surface area contributed by atoms with E-state index in [0.717, 1.165) is 45.8 Å². The second kappa shape index (κ2) is 6.77. The molecule has 80 valence electrons. The Hall–Kier alpha value is -0.630. The highest BCUT2D eigenvalue weighted by Gasteiger charge is 2.20. The molecular formula is C10H19N3O. The van der Waals surface area contributed by atoms with Gasteiger partial charge in [0.05, 0.1) is 12.7 Å². The summed E-state index contributed by atoms with van der Waals surface area (Å²) >= 11 is 0. The zero-order valence-electron chi connectivity index (χ0n) is 8.83. The molecule has 1 saturated heterocycles. The summed E-state index contributed by atoms with van der Waals surface area (Å²) in [4.78, 5) is 2.19. The van der Waals surface area contributed by atoms with E-state index in [2.05, 4.69) is 23.2 Å². The standard InChI is InChI=1S/C10H19N3O/c1-2-6-14-7-5-13-4-3-12-9-10(13)8-11/h10,12H,2-7,9H2,1H3. The van der Waals surface area contributed by atoms with Gasteiger partial charge in [-0.3, -0.25) is 4.90 Å². The number of rotatable bonds is 5. The van der Waals surface area contributed by atoms with Gasteiger partial charge >= 0.3 is 0 Å². The summed E-state index contributed by atoms with van der Waals surface area (Å²) in [7, 11) is 0. The molecule has 0 radical (unpaired) electrons. The van der Waals surface area contributed by atoms with Crippen LogP contribution in [0.1, 0.15) is 13.3 Å². The summed E-state index contributed by atoms with van der Waals surface area (Å²) in [6, 6.07) is 2.32. The Morgan fingerprint density at radius 3 is 3.14 bits per heavy atom. The van der Waals surface area contributed by atoms with Gasteiger partial charge in [-0.05, 0) is 6.42 Å². The van der Waals surface area contributed by atoms with E-state index >= 15 is 0 Å². The molecule has 1 atom stereocenters. The Morgan fingerprint density at radius 2 is 2.43 bits per heavy atom. The first-order valence-electron chi connectivity index (χ1n) is 5.30. The molecular weight excluding hydrogens is 178 g/mol. The van der Waals surface area contributed by atoms with Gasteiger partial charge in [-0.2, -0.15) is 5.26 Å². The summed E-state index contributed by atoms with van der Waals surface area (Å²) in [5.41, 5.74) is 0. The fourth-order valence-electron chi connectivity index (χ4n) is 1.57. The minimum atomic E-state index is 0.0222. The molecule has 0 amide bonds. The number of hydrogen-bond acceptors (Lipinski definition) is 4. The summed E-state index contributed by atoms with van der Waals surface area (Å²) in [5, 5.41) is 12.1. The molecule has 4 heteroatoms. The van der Waals surface area contributed by atoms with Crippen molar-refractivity contribution in [3.05, 3.63) is 0 Å². The monoisotopic (exact) mass is 197 g/mol. The van der Waals surface area contributed by atoms with Crippen molar-refractivity contribution in [3.8, 4) is 6.07 Å². The van der Waals surface area contributed by atoms with Gasteiger partial charge in [0.2, 0.25) is 0 Å². The molecule has 0 aliphatic carbocycles. The lowest BCUT2D eigenvalue weighted by Crippen LogP contribution is -2.51. The Labute approximate surface area is 85.8 Å². The van der Waals surface area contributed by atoms with Crippen molar-refractivity contribution in [1.29, 1.82) is 5.26 Å². The molecule has 0 aromatic heterocycles. The van der Waals surface area contributed by atoms with Crippen LogP contribution in [0, 0.1) is 11.3 Å². The van der Waals surface area contributed by atoms with Gasteiger partial charge in [0.1, 0.15) is 6.04 Å². The largest absolute Gasteiger partial charge is 0.380 e. The molecule has 0 saturated carbocycles. The first-order chi connectivity index (χ1) is 6.88. The number of piperazine rings is 1. The fourth-order valence-corrected chi connectivity index (χ4v) is 1.57. The van der Waals surface area contributed by atoms with Gasteiger partial charge < -0.3 is 10.1 Å². The highest BCUT2D eigenvalue weighted by atomic mass is 16.5. The van der Waals surface area contributed by atoms with E-state index < -0.39 is 0 Å². The SMILES string of the molecule is CCCOCCN1CCNCC1C#N. The van der Waals surface area contributed by atoms with Crippen molar-refractivity contribution in [1.82, 2.24) is 10.2 Å². The zero-order valence-corrected chi connectivity index (χ0v) is 8.83. The Balaban J connectivity index is 2.17. The third kappa shape index (κ3) is 3.62. The summed E-state index contributed by atoms with van der Waals surface area (Å²) < 4.78 is 5.41. The zero-order chi connectivity index (χ0) is 10.2. The van der Waals surface area contributed by atoms with Crippen molar-refractivity contribution in [3.63, 3.8) is 0 Å². The van der Waals surface area contributed by atoms with Gasteiger partial charge in [0.15, 0.2) is 0 Å². The van der Waals surface area contributed by atoms with Gasteiger partial charge in [0, 0.05) is 32.8 Å². The molecule has 1 unspecified atom stereocenters. The van der Waals surface area contributed by atoms with Crippen LogP contribution in [-0.2, 0) is 4.74 Å². The second-order valence-electron chi connectivity index (χ2n) is 3.50. The predicted molar refractivity (Wildman–Crippen MR) is 55.0 cm³/mol. The Morgan fingerprint density at radius 1 is 1.57 bits per heavy atom. The van der Waals surface area contributed by atoms with Crippen LogP contribution in [0.3, 0.4) is 0 Å². The molecule has 0 bridgehead atoms. The molecule has 0 aromatic rings. The minimum absolute atomic E-state index is 0.0222. The predicted octanol–water partition coefficient (Wildman–Crippen LogP) is 0.210. The number of nitrogens with one attached hydrogen (secondary N) is 1. The molecule has 1 aliphatic heterocycles. The quantitative estimate of drug-likeness (QED) is 0.640. The van der Waals surface area contributed by atoms with Gasteiger partial charge in [-0.1, -0.05) is 6.92 Å². The Bertz CT molecular complexity index is 190. The number of nitrogens with zero attached hydrogens (tertiary/aromatic N) is 2. The van der Waals surface area contributed by atoms with Crippen LogP contribution in [0.25, 0.3) is 0 Å². The van der Waals surface area contributed by atoms with Crippen molar-refractivity contribution in [2.24, 2.45) is 0 Å².